The molecule has 1 aromatic carbocycles. The minimum absolute atomic E-state index is 0.152. The highest BCUT2D eigenvalue weighted by atomic mass is 19.1. The summed E-state index contributed by atoms with van der Waals surface area (Å²) >= 11 is 0. The van der Waals surface area contributed by atoms with Crippen LogP contribution >= 0.6 is 0 Å². The van der Waals surface area contributed by atoms with Crippen molar-refractivity contribution in [2.75, 3.05) is 13.7 Å². The monoisotopic (exact) mass is 283 g/mol. The number of halogens is 2. The van der Waals surface area contributed by atoms with Gasteiger partial charge in [-0.25, -0.2) is 8.78 Å². The van der Waals surface area contributed by atoms with Crippen molar-refractivity contribution in [2.45, 2.75) is 39.2 Å². The van der Waals surface area contributed by atoms with E-state index in [1.54, 1.807) is 0 Å². The maximum absolute atomic E-state index is 14.3. The molecule has 0 spiro atoms. The molecular weight excluding hydrogens is 260 g/mol. The van der Waals surface area contributed by atoms with E-state index in [0.717, 1.165) is 25.8 Å². The lowest BCUT2D eigenvalue weighted by Crippen LogP contribution is -2.30. The average molecular weight is 283 g/mol. The van der Waals surface area contributed by atoms with Crippen LogP contribution in [0.5, 0.6) is 5.75 Å². The Morgan fingerprint density at radius 1 is 1.30 bits per heavy atom. The Morgan fingerprint density at radius 3 is 2.35 bits per heavy atom. The zero-order valence-electron chi connectivity index (χ0n) is 12.4. The molecule has 1 aromatic rings. The molecule has 1 saturated carbocycles. The first-order valence-electron chi connectivity index (χ1n) is 7.34. The number of methoxy groups -OCH3 is 1. The van der Waals surface area contributed by atoms with E-state index in [-0.39, 0.29) is 23.3 Å². The fraction of sp³-hybridized carbons (Fsp3) is 0.625. The van der Waals surface area contributed by atoms with E-state index in [4.69, 9.17) is 4.74 Å². The Morgan fingerprint density at radius 2 is 1.90 bits per heavy atom. The molecule has 0 radical (unpaired) electrons. The number of rotatable bonds is 7. The summed E-state index contributed by atoms with van der Waals surface area (Å²) in [7, 11) is 1.41. The Labute approximate surface area is 119 Å². The predicted octanol–water partition coefficient (Wildman–Crippen LogP) is 4.06. The molecule has 0 aliphatic heterocycles. The number of benzene rings is 1. The van der Waals surface area contributed by atoms with Crippen LogP contribution in [0.25, 0.3) is 0 Å². The van der Waals surface area contributed by atoms with Crippen molar-refractivity contribution < 1.29 is 13.5 Å². The van der Waals surface area contributed by atoms with Crippen molar-refractivity contribution in [1.29, 1.82) is 0 Å². The molecule has 2 atom stereocenters. The summed E-state index contributed by atoms with van der Waals surface area (Å²) in [5.74, 6) is -0.0211. The molecule has 20 heavy (non-hydrogen) atoms. The normalized spacial score (nSPS) is 17.9. The van der Waals surface area contributed by atoms with Gasteiger partial charge in [0.05, 0.1) is 7.11 Å². The van der Waals surface area contributed by atoms with E-state index in [9.17, 15) is 8.78 Å². The van der Waals surface area contributed by atoms with Crippen LogP contribution in [-0.2, 0) is 0 Å². The lowest BCUT2D eigenvalue weighted by atomic mass is 9.89. The van der Waals surface area contributed by atoms with Crippen LogP contribution in [-0.4, -0.2) is 13.7 Å². The molecule has 0 saturated heterocycles. The molecule has 0 heterocycles. The zero-order chi connectivity index (χ0) is 14.7. The fourth-order valence-electron chi connectivity index (χ4n) is 2.72. The molecule has 0 amide bonds. The van der Waals surface area contributed by atoms with Crippen molar-refractivity contribution in [3.05, 3.63) is 29.3 Å². The van der Waals surface area contributed by atoms with E-state index in [2.05, 4.69) is 12.2 Å². The number of ether oxygens (including phenoxy) is 1. The highest BCUT2D eigenvalue weighted by Crippen LogP contribution is 2.43. The van der Waals surface area contributed by atoms with Gasteiger partial charge in [-0.15, -0.1) is 0 Å². The SMILES string of the molecule is CCCNC(c1c(F)cc(OC)cc1F)C(C)C1CC1. The maximum Gasteiger partial charge on any atom is 0.134 e. The summed E-state index contributed by atoms with van der Waals surface area (Å²) < 4.78 is 33.4. The fourth-order valence-corrected chi connectivity index (χ4v) is 2.72. The number of hydrogen-bond donors (Lipinski definition) is 1. The predicted molar refractivity (Wildman–Crippen MR) is 75.8 cm³/mol. The van der Waals surface area contributed by atoms with Gasteiger partial charge in [0.15, 0.2) is 0 Å². The van der Waals surface area contributed by atoms with Gasteiger partial charge >= 0.3 is 0 Å². The van der Waals surface area contributed by atoms with Crippen molar-refractivity contribution in [2.24, 2.45) is 11.8 Å². The largest absolute Gasteiger partial charge is 0.497 e. The molecule has 112 valence electrons. The van der Waals surface area contributed by atoms with Gasteiger partial charge in [0, 0.05) is 23.7 Å². The minimum Gasteiger partial charge on any atom is -0.497 e. The van der Waals surface area contributed by atoms with Gasteiger partial charge in [0.2, 0.25) is 0 Å². The van der Waals surface area contributed by atoms with Crippen LogP contribution in [0.1, 0.15) is 44.7 Å². The highest BCUT2D eigenvalue weighted by Gasteiger charge is 2.36. The summed E-state index contributed by atoms with van der Waals surface area (Å²) in [4.78, 5) is 0. The maximum atomic E-state index is 14.3. The quantitative estimate of drug-likeness (QED) is 0.814. The third-order valence-corrected chi connectivity index (χ3v) is 4.10. The molecule has 2 nitrogen and oxygen atoms in total. The summed E-state index contributed by atoms with van der Waals surface area (Å²) in [6.07, 6.45) is 3.25. The lowest BCUT2D eigenvalue weighted by Gasteiger charge is -2.26. The molecule has 0 bridgehead atoms. The Balaban J connectivity index is 2.31. The summed E-state index contributed by atoms with van der Waals surface area (Å²) in [5, 5.41) is 3.31. The van der Waals surface area contributed by atoms with Gasteiger partial charge in [0.1, 0.15) is 17.4 Å². The summed E-state index contributed by atoms with van der Waals surface area (Å²) in [6, 6.07) is 2.26. The molecule has 0 aromatic heterocycles. The topological polar surface area (TPSA) is 21.3 Å². The molecule has 1 N–H and O–H groups in total. The Bertz CT molecular complexity index is 437. The first-order valence-corrected chi connectivity index (χ1v) is 7.34. The van der Waals surface area contributed by atoms with Gasteiger partial charge in [-0.2, -0.15) is 0 Å². The first kappa shape index (κ1) is 15.2. The molecular formula is C16H23F2NO. The van der Waals surface area contributed by atoms with E-state index < -0.39 is 11.6 Å². The number of hydrogen-bond acceptors (Lipinski definition) is 2. The molecule has 1 aliphatic carbocycles. The van der Waals surface area contributed by atoms with Crippen LogP contribution in [0, 0.1) is 23.5 Å². The van der Waals surface area contributed by atoms with Crippen molar-refractivity contribution in [3.8, 4) is 5.75 Å². The van der Waals surface area contributed by atoms with Crippen LogP contribution in [0.3, 0.4) is 0 Å². The van der Waals surface area contributed by atoms with E-state index in [1.807, 2.05) is 6.92 Å². The molecule has 1 fully saturated rings. The number of nitrogens with one attached hydrogen (secondary N) is 1. The minimum atomic E-state index is -0.525. The zero-order valence-corrected chi connectivity index (χ0v) is 12.4. The molecule has 4 heteroatoms. The second kappa shape index (κ2) is 6.53. The van der Waals surface area contributed by atoms with Crippen molar-refractivity contribution in [3.63, 3.8) is 0 Å². The third kappa shape index (κ3) is 3.29. The van der Waals surface area contributed by atoms with Gasteiger partial charge in [-0.1, -0.05) is 13.8 Å². The Kier molecular flexibility index (Phi) is 4.97. The average Bonchev–Trinajstić information content (AvgIpc) is 3.25. The van der Waals surface area contributed by atoms with Crippen molar-refractivity contribution in [1.82, 2.24) is 5.32 Å². The Hall–Kier alpha value is -1.16. The van der Waals surface area contributed by atoms with Gasteiger partial charge in [-0.05, 0) is 37.6 Å². The molecule has 2 unspecified atom stereocenters. The van der Waals surface area contributed by atoms with E-state index >= 15 is 0 Å². The third-order valence-electron chi connectivity index (χ3n) is 4.10. The summed E-state index contributed by atoms with van der Waals surface area (Å²) in [5.41, 5.74) is 0.152. The highest BCUT2D eigenvalue weighted by molar-refractivity contribution is 5.33. The van der Waals surface area contributed by atoms with Gasteiger partial charge in [-0.3, -0.25) is 0 Å². The van der Waals surface area contributed by atoms with Crippen molar-refractivity contribution >= 4 is 0 Å². The van der Waals surface area contributed by atoms with E-state index in [1.165, 1.54) is 19.2 Å². The summed E-state index contributed by atoms with van der Waals surface area (Å²) in [6.45, 7) is 4.88. The van der Waals surface area contributed by atoms with Crippen LogP contribution in [0.2, 0.25) is 0 Å². The van der Waals surface area contributed by atoms with Gasteiger partial charge < -0.3 is 10.1 Å². The molecule has 2 rings (SSSR count). The van der Waals surface area contributed by atoms with E-state index in [0.29, 0.717) is 5.92 Å². The first-order chi connectivity index (χ1) is 9.58. The smallest absolute Gasteiger partial charge is 0.134 e. The standard InChI is InChI=1S/C16H23F2NO/c1-4-7-19-16(10(2)11-5-6-11)15-13(17)8-12(20-3)9-14(15)18/h8-11,16,19H,4-7H2,1-3H3. The second-order valence-electron chi connectivity index (χ2n) is 5.63. The lowest BCUT2D eigenvalue weighted by molar-refractivity contribution is 0.327. The molecule has 1 aliphatic rings. The van der Waals surface area contributed by atoms with Crippen LogP contribution < -0.4 is 10.1 Å². The van der Waals surface area contributed by atoms with Crippen LogP contribution in [0.4, 0.5) is 8.78 Å². The van der Waals surface area contributed by atoms with Gasteiger partial charge in [0.25, 0.3) is 0 Å². The van der Waals surface area contributed by atoms with Crippen LogP contribution in [0.15, 0.2) is 12.1 Å². The second-order valence-corrected chi connectivity index (χ2v) is 5.63.